The fourth-order valence-electron chi connectivity index (χ4n) is 2.02. The van der Waals surface area contributed by atoms with Gasteiger partial charge in [-0.1, -0.05) is 13.8 Å². The van der Waals surface area contributed by atoms with Gasteiger partial charge in [-0.3, -0.25) is 4.79 Å². The lowest BCUT2D eigenvalue weighted by Crippen LogP contribution is -2.39. The SMILES string of the molecule is CCC(CC)(CO)CNC(=O)c1cc(C)cc(F)c1. The molecule has 19 heavy (non-hydrogen) atoms. The molecule has 1 aromatic carbocycles. The fourth-order valence-corrected chi connectivity index (χ4v) is 2.02. The van der Waals surface area contributed by atoms with Crippen LogP contribution < -0.4 is 5.32 Å². The number of hydrogen-bond acceptors (Lipinski definition) is 2. The molecule has 0 aliphatic heterocycles. The lowest BCUT2D eigenvalue weighted by atomic mass is 9.83. The van der Waals surface area contributed by atoms with Crippen LogP contribution in [0.5, 0.6) is 0 Å². The van der Waals surface area contributed by atoms with Gasteiger partial charge in [0.05, 0.1) is 6.61 Å². The van der Waals surface area contributed by atoms with Gasteiger partial charge in [-0.15, -0.1) is 0 Å². The van der Waals surface area contributed by atoms with Gasteiger partial charge in [-0.05, 0) is 43.5 Å². The zero-order valence-corrected chi connectivity index (χ0v) is 11.8. The number of hydrogen-bond donors (Lipinski definition) is 2. The third-order valence-electron chi connectivity index (χ3n) is 3.76. The van der Waals surface area contributed by atoms with Gasteiger partial charge in [0.15, 0.2) is 0 Å². The molecule has 1 amide bonds. The van der Waals surface area contributed by atoms with Crippen molar-refractivity contribution in [3.63, 3.8) is 0 Å². The maximum absolute atomic E-state index is 13.2. The van der Waals surface area contributed by atoms with E-state index in [9.17, 15) is 14.3 Å². The Hall–Kier alpha value is -1.42. The van der Waals surface area contributed by atoms with Gasteiger partial charge >= 0.3 is 0 Å². The van der Waals surface area contributed by atoms with E-state index in [0.717, 1.165) is 12.8 Å². The van der Waals surface area contributed by atoms with Crippen LogP contribution in [0.25, 0.3) is 0 Å². The number of nitrogens with one attached hydrogen (secondary N) is 1. The smallest absolute Gasteiger partial charge is 0.251 e. The first kappa shape index (κ1) is 15.6. The molecule has 0 saturated carbocycles. The molecule has 4 heteroatoms. The summed E-state index contributed by atoms with van der Waals surface area (Å²) in [5.41, 5.74) is 0.735. The Balaban J connectivity index is 2.74. The van der Waals surface area contributed by atoms with E-state index >= 15 is 0 Å². The van der Waals surface area contributed by atoms with Crippen LogP contribution in [0.4, 0.5) is 4.39 Å². The average Bonchev–Trinajstić information content (AvgIpc) is 2.39. The highest BCUT2D eigenvalue weighted by Crippen LogP contribution is 2.24. The highest BCUT2D eigenvalue weighted by molar-refractivity contribution is 5.94. The van der Waals surface area contributed by atoms with Gasteiger partial charge in [-0.2, -0.15) is 0 Å². The molecular formula is C15H22FNO2. The van der Waals surface area contributed by atoms with Crippen LogP contribution in [0, 0.1) is 18.2 Å². The van der Waals surface area contributed by atoms with Crippen LogP contribution >= 0.6 is 0 Å². The average molecular weight is 267 g/mol. The van der Waals surface area contributed by atoms with Crippen molar-refractivity contribution in [1.29, 1.82) is 0 Å². The van der Waals surface area contributed by atoms with Crippen molar-refractivity contribution in [2.75, 3.05) is 13.2 Å². The van der Waals surface area contributed by atoms with Crippen molar-refractivity contribution in [2.24, 2.45) is 5.41 Å². The molecule has 3 nitrogen and oxygen atoms in total. The van der Waals surface area contributed by atoms with Gasteiger partial charge < -0.3 is 10.4 Å². The molecule has 2 N–H and O–H groups in total. The first-order chi connectivity index (χ1) is 8.96. The molecule has 106 valence electrons. The number of amides is 1. The van der Waals surface area contributed by atoms with Crippen molar-refractivity contribution in [2.45, 2.75) is 33.6 Å². The van der Waals surface area contributed by atoms with Crippen molar-refractivity contribution >= 4 is 5.91 Å². The monoisotopic (exact) mass is 267 g/mol. The Labute approximate surface area is 113 Å². The van der Waals surface area contributed by atoms with E-state index in [0.29, 0.717) is 17.7 Å². The molecule has 0 saturated heterocycles. The number of halogens is 1. The minimum atomic E-state index is -0.412. The summed E-state index contributed by atoms with van der Waals surface area (Å²) in [6, 6.07) is 4.25. The second kappa shape index (κ2) is 6.66. The predicted molar refractivity (Wildman–Crippen MR) is 73.6 cm³/mol. The van der Waals surface area contributed by atoms with Crippen molar-refractivity contribution in [1.82, 2.24) is 5.32 Å². The molecule has 1 rings (SSSR count). The Bertz CT molecular complexity index is 413. The largest absolute Gasteiger partial charge is 0.396 e. The minimum absolute atomic E-state index is 0.0302. The van der Waals surface area contributed by atoms with E-state index in [-0.39, 0.29) is 17.9 Å². The lowest BCUT2D eigenvalue weighted by molar-refractivity contribution is 0.0850. The van der Waals surface area contributed by atoms with Gasteiger partial charge in [0.1, 0.15) is 5.82 Å². The number of aliphatic hydroxyl groups excluding tert-OH is 1. The van der Waals surface area contributed by atoms with Gasteiger partial charge in [-0.25, -0.2) is 4.39 Å². The number of rotatable bonds is 6. The highest BCUT2D eigenvalue weighted by Gasteiger charge is 2.26. The van der Waals surface area contributed by atoms with Gasteiger partial charge in [0, 0.05) is 17.5 Å². The topological polar surface area (TPSA) is 49.3 Å². The van der Waals surface area contributed by atoms with E-state index in [4.69, 9.17) is 0 Å². The molecular weight excluding hydrogens is 245 g/mol. The second-order valence-corrected chi connectivity index (χ2v) is 5.07. The van der Waals surface area contributed by atoms with Crippen LogP contribution in [0.15, 0.2) is 18.2 Å². The predicted octanol–water partition coefficient (Wildman–Crippen LogP) is 2.66. The summed E-state index contributed by atoms with van der Waals surface area (Å²) in [5.74, 6) is -0.716. The van der Waals surface area contributed by atoms with Crippen molar-refractivity contribution in [3.8, 4) is 0 Å². The maximum Gasteiger partial charge on any atom is 0.251 e. The third kappa shape index (κ3) is 4.03. The molecule has 0 unspecified atom stereocenters. The number of aryl methyl sites for hydroxylation is 1. The molecule has 0 heterocycles. The Morgan fingerprint density at radius 1 is 1.32 bits per heavy atom. The number of carbonyl (C=O) groups excluding carboxylic acids is 1. The second-order valence-electron chi connectivity index (χ2n) is 5.07. The quantitative estimate of drug-likeness (QED) is 0.832. The Morgan fingerprint density at radius 2 is 1.95 bits per heavy atom. The van der Waals surface area contributed by atoms with Crippen LogP contribution in [-0.2, 0) is 0 Å². The zero-order valence-electron chi connectivity index (χ0n) is 11.8. The molecule has 0 bridgehead atoms. The molecule has 0 aliphatic carbocycles. The Kier molecular flexibility index (Phi) is 5.48. The van der Waals surface area contributed by atoms with E-state index in [2.05, 4.69) is 5.32 Å². The van der Waals surface area contributed by atoms with E-state index in [1.54, 1.807) is 13.0 Å². The van der Waals surface area contributed by atoms with Crippen molar-refractivity contribution < 1.29 is 14.3 Å². The molecule has 0 spiro atoms. The fraction of sp³-hybridized carbons (Fsp3) is 0.533. The Morgan fingerprint density at radius 3 is 2.42 bits per heavy atom. The summed E-state index contributed by atoms with van der Waals surface area (Å²) < 4.78 is 13.2. The molecule has 0 radical (unpaired) electrons. The van der Waals surface area contributed by atoms with Gasteiger partial charge in [0.25, 0.3) is 5.91 Å². The summed E-state index contributed by atoms with van der Waals surface area (Å²) in [6.07, 6.45) is 1.56. The third-order valence-corrected chi connectivity index (χ3v) is 3.76. The maximum atomic E-state index is 13.2. The van der Waals surface area contributed by atoms with E-state index in [1.807, 2.05) is 13.8 Å². The molecule has 1 aromatic rings. The zero-order chi connectivity index (χ0) is 14.5. The molecule has 0 atom stereocenters. The minimum Gasteiger partial charge on any atom is -0.396 e. The number of carbonyl (C=O) groups is 1. The van der Waals surface area contributed by atoms with Crippen molar-refractivity contribution in [3.05, 3.63) is 35.1 Å². The summed E-state index contributed by atoms with van der Waals surface area (Å²) in [7, 11) is 0. The first-order valence-corrected chi connectivity index (χ1v) is 6.62. The highest BCUT2D eigenvalue weighted by atomic mass is 19.1. The summed E-state index contributed by atoms with van der Waals surface area (Å²) in [6.45, 7) is 6.14. The normalized spacial score (nSPS) is 11.4. The van der Waals surface area contributed by atoms with E-state index < -0.39 is 5.82 Å². The van der Waals surface area contributed by atoms with Crippen LogP contribution in [0.3, 0.4) is 0 Å². The summed E-state index contributed by atoms with van der Waals surface area (Å²) >= 11 is 0. The van der Waals surface area contributed by atoms with Gasteiger partial charge in [0.2, 0.25) is 0 Å². The van der Waals surface area contributed by atoms with Crippen LogP contribution in [-0.4, -0.2) is 24.2 Å². The van der Waals surface area contributed by atoms with Crippen LogP contribution in [0.2, 0.25) is 0 Å². The first-order valence-electron chi connectivity index (χ1n) is 6.62. The standard InChI is InChI=1S/C15H22FNO2/c1-4-15(5-2,10-18)9-17-14(19)12-6-11(3)7-13(16)8-12/h6-8,18H,4-5,9-10H2,1-3H3,(H,17,19). The summed E-state index contributed by atoms with van der Waals surface area (Å²) in [4.78, 5) is 12.0. The lowest BCUT2D eigenvalue weighted by Gasteiger charge is -2.29. The molecule has 0 aromatic heterocycles. The number of aliphatic hydroxyl groups is 1. The summed E-state index contributed by atoms with van der Waals surface area (Å²) in [5, 5.41) is 12.2. The van der Waals surface area contributed by atoms with E-state index in [1.165, 1.54) is 12.1 Å². The molecule has 0 aliphatic rings. The number of benzene rings is 1. The molecule has 0 fully saturated rings. The van der Waals surface area contributed by atoms with Crippen LogP contribution in [0.1, 0.15) is 42.6 Å².